The van der Waals surface area contributed by atoms with E-state index in [9.17, 15) is 13.6 Å². The Balaban J connectivity index is 1.97. The van der Waals surface area contributed by atoms with Gasteiger partial charge in [-0.05, 0) is 25.7 Å². The van der Waals surface area contributed by atoms with Crippen molar-refractivity contribution in [1.29, 1.82) is 0 Å². The van der Waals surface area contributed by atoms with Gasteiger partial charge in [0.15, 0.2) is 0 Å². The third-order valence-corrected chi connectivity index (χ3v) is 4.49. The number of nitrogens with zero attached hydrogens (tertiary/aromatic N) is 3. The summed E-state index contributed by atoms with van der Waals surface area (Å²) in [6.45, 7) is -2.50. The second-order valence-electron chi connectivity index (χ2n) is 4.56. The summed E-state index contributed by atoms with van der Waals surface area (Å²) in [6.07, 6.45) is 6.50. The van der Waals surface area contributed by atoms with E-state index in [1.165, 1.54) is 23.7 Å². The average Bonchev–Trinajstić information content (AvgIpc) is 2.96. The minimum Gasteiger partial charge on any atom is -0.295 e. The molecule has 0 fully saturated rings. The number of hydrogen-bond acceptors (Lipinski definition) is 3. The Labute approximate surface area is 112 Å². The quantitative estimate of drug-likeness (QED) is 0.869. The molecule has 1 aliphatic rings. The first kappa shape index (κ1) is 12.5. The van der Waals surface area contributed by atoms with Gasteiger partial charge >= 0.3 is 11.4 Å². The van der Waals surface area contributed by atoms with Gasteiger partial charge in [0.25, 0.3) is 0 Å². The molecule has 19 heavy (non-hydrogen) atoms. The maximum Gasteiger partial charge on any atom is 0.319 e. The molecule has 0 unspecified atom stereocenters. The number of imidazole rings is 1. The zero-order chi connectivity index (χ0) is 13.4. The summed E-state index contributed by atoms with van der Waals surface area (Å²) < 4.78 is 27.9. The highest BCUT2D eigenvalue weighted by Crippen LogP contribution is 2.24. The first-order valence-corrected chi connectivity index (χ1v) is 6.99. The molecule has 0 bridgehead atoms. The molecule has 2 aromatic rings. The lowest BCUT2D eigenvalue weighted by atomic mass is 10.0. The molecule has 102 valence electrons. The fourth-order valence-corrected chi connectivity index (χ4v) is 3.55. The highest BCUT2D eigenvalue weighted by molar-refractivity contribution is 7.09. The Kier molecular flexibility index (Phi) is 3.22. The van der Waals surface area contributed by atoms with E-state index in [1.54, 1.807) is 4.57 Å². The summed E-state index contributed by atoms with van der Waals surface area (Å²) >= 11 is 1.24. The predicted molar refractivity (Wildman–Crippen MR) is 67.8 cm³/mol. The van der Waals surface area contributed by atoms with E-state index in [0.717, 1.165) is 40.8 Å². The molecule has 3 rings (SSSR count). The Bertz CT molecular complexity index is 644. The summed E-state index contributed by atoms with van der Waals surface area (Å²) in [4.78, 5) is 16.9. The number of hydrogen-bond donors (Lipinski definition) is 0. The van der Waals surface area contributed by atoms with Gasteiger partial charge in [-0.25, -0.2) is 4.98 Å². The smallest absolute Gasteiger partial charge is 0.295 e. The molecule has 0 saturated carbocycles. The van der Waals surface area contributed by atoms with Crippen LogP contribution in [0.15, 0.2) is 17.2 Å². The van der Waals surface area contributed by atoms with Crippen molar-refractivity contribution in [2.45, 2.75) is 38.8 Å². The fraction of sp³-hybridized carbons (Fsp3) is 0.500. The summed E-state index contributed by atoms with van der Waals surface area (Å²) in [7, 11) is 0. The minimum absolute atomic E-state index is 0.0734. The third-order valence-electron chi connectivity index (χ3n) is 3.40. The highest BCUT2D eigenvalue weighted by Gasteiger charge is 2.20. The van der Waals surface area contributed by atoms with Crippen LogP contribution in [-0.4, -0.2) is 14.1 Å². The Morgan fingerprint density at radius 2 is 2.16 bits per heavy atom. The van der Waals surface area contributed by atoms with Crippen LogP contribution in [0.1, 0.15) is 35.8 Å². The maximum atomic E-state index is 12.8. The Morgan fingerprint density at radius 3 is 2.95 bits per heavy atom. The van der Waals surface area contributed by atoms with Crippen LogP contribution >= 0.6 is 11.3 Å². The van der Waals surface area contributed by atoms with E-state index < -0.39 is 6.55 Å². The SMILES string of the molecule is O=c1sc2c(n1Cc1nccn1C(F)F)CCCC2. The molecule has 4 nitrogen and oxygen atoms in total. The minimum atomic E-state index is -2.62. The first-order chi connectivity index (χ1) is 9.16. The van der Waals surface area contributed by atoms with E-state index >= 15 is 0 Å². The molecule has 2 aromatic heterocycles. The topological polar surface area (TPSA) is 39.8 Å². The van der Waals surface area contributed by atoms with E-state index in [4.69, 9.17) is 0 Å². The normalized spacial score (nSPS) is 14.9. The number of thiazole rings is 1. The van der Waals surface area contributed by atoms with Crippen molar-refractivity contribution >= 4 is 11.3 Å². The molecule has 0 saturated heterocycles. The van der Waals surface area contributed by atoms with Crippen LogP contribution in [0.3, 0.4) is 0 Å². The van der Waals surface area contributed by atoms with Crippen LogP contribution in [0.25, 0.3) is 0 Å². The van der Waals surface area contributed by atoms with Crippen molar-refractivity contribution in [1.82, 2.24) is 14.1 Å². The number of halogens is 2. The molecule has 0 radical (unpaired) electrons. The van der Waals surface area contributed by atoms with Gasteiger partial charge in [-0.2, -0.15) is 8.78 Å². The maximum absolute atomic E-state index is 12.8. The van der Waals surface area contributed by atoms with E-state index in [1.807, 2.05) is 0 Å². The van der Waals surface area contributed by atoms with Crippen molar-refractivity contribution in [3.05, 3.63) is 38.5 Å². The predicted octanol–water partition coefficient (Wildman–Crippen LogP) is 2.43. The second kappa shape index (κ2) is 4.88. The van der Waals surface area contributed by atoms with Crippen LogP contribution in [0.4, 0.5) is 8.78 Å². The van der Waals surface area contributed by atoms with E-state index in [-0.39, 0.29) is 17.2 Å². The van der Waals surface area contributed by atoms with Gasteiger partial charge in [-0.1, -0.05) is 11.3 Å². The van der Waals surface area contributed by atoms with Crippen molar-refractivity contribution in [2.75, 3.05) is 0 Å². The Hall–Kier alpha value is -1.50. The molecular formula is C12H13F2N3OS. The number of alkyl halides is 2. The van der Waals surface area contributed by atoms with Gasteiger partial charge in [0.2, 0.25) is 0 Å². The number of fused-ring (bicyclic) bond motifs is 1. The molecule has 0 amide bonds. The molecule has 1 aliphatic carbocycles. The van der Waals surface area contributed by atoms with Crippen LogP contribution in [0.5, 0.6) is 0 Å². The third kappa shape index (κ3) is 2.22. The van der Waals surface area contributed by atoms with E-state index in [0.29, 0.717) is 0 Å². The molecule has 2 heterocycles. The lowest BCUT2D eigenvalue weighted by Crippen LogP contribution is -2.20. The van der Waals surface area contributed by atoms with Crippen molar-refractivity contribution in [2.24, 2.45) is 0 Å². The largest absolute Gasteiger partial charge is 0.319 e. The summed E-state index contributed by atoms with van der Waals surface area (Å²) in [5.74, 6) is 0.225. The summed E-state index contributed by atoms with van der Waals surface area (Å²) in [5.41, 5.74) is 1.00. The number of aromatic nitrogens is 3. The molecular weight excluding hydrogens is 272 g/mol. The van der Waals surface area contributed by atoms with Gasteiger partial charge in [-0.15, -0.1) is 0 Å². The molecule has 0 atom stereocenters. The number of rotatable bonds is 3. The van der Waals surface area contributed by atoms with Gasteiger partial charge in [0, 0.05) is 23.0 Å². The van der Waals surface area contributed by atoms with Crippen molar-refractivity contribution in [3.63, 3.8) is 0 Å². The Morgan fingerprint density at radius 1 is 1.37 bits per heavy atom. The zero-order valence-corrected chi connectivity index (χ0v) is 11.0. The van der Waals surface area contributed by atoms with Gasteiger partial charge in [0.1, 0.15) is 5.82 Å². The average molecular weight is 285 g/mol. The van der Waals surface area contributed by atoms with Crippen LogP contribution in [0.2, 0.25) is 0 Å². The van der Waals surface area contributed by atoms with Gasteiger partial charge in [0.05, 0.1) is 6.54 Å². The van der Waals surface area contributed by atoms with Crippen molar-refractivity contribution in [3.8, 4) is 0 Å². The second-order valence-corrected chi connectivity index (χ2v) is 5.61. The zero-order valence-electron chi connectivity index (χ0n) is 10.2. The van der Waals surface area contributed by atoms with Gasteiger partial charge in [-0.3, -0.25) is 13.9 Å². The summed E-state index contributed by atoms with van der Waals surface area (Å²) in [6, 6.07) is 0. The molecule has 0 aliphatic heterocycles. The molecule has 7 heteroatoms. The van der Waals surface area contributed by atoms with Crippen molar-refractivity contribution < 1.29 is 8.78 Å². The molecule has 0 spiro atoms. The summed E-state index contributed by atoms with van der Waals surface area (Å²) in [5, 5.41) is 0. The highest BCUT2D eigenvalue weighted by atomic mass is 32.1. The standard InChI is InChI=1S/C12H13F2N3OS/c13-11(14)16-6-5-15-10(16)7-17-8-3-1-2-4-9(8)19-12(17)18/h5-6,11H,1-4,7H2. The first-order valence-electron chi connectivity index (χ1n) is 6.18. The lowest BCUT2D eigenvalue weighted by molar-refractivity contribution is 0.0666. The van der Waals surface area contributed by atoms with Crippen LogP contribution < -0.4 is 4.87 Å². The van der Waals surface area contributed by atoms with Gasteiger partial charge < -0.3 is 0 Å². The lowest BCUT2D eigenvalue weighted by Gasteiger charge is -2.14. The fourth-order valence-electron chi connectivity index (χ4n) is 2.47. The number of aryl methyl sites for hydroxylation is 1. The monoisotopic (exact) mass is 285 g/mol. The van der Waals surface area contributed by atoms with Crippen LogP contribution in [0, 0.1) is 0 Å². The molecule has 0 N–H and O–H groups in total. The molecule has 0 aromatic carbocycles. The van der Waals surface area contributed by atoms with Crippen LogP contribution in [-0.2, 0) is 19.4 Å². The van der Waals surface area contributed by atoms with E-state index in [2.05, 4.69) is 4.98 Å².